The highest BCUT2D eigenvalue weighted by Gasteiger charge is 2.39. The summed E-state index contributed by atoms with van der Waals surface area (Å²) >= 11 is 0. The van der Waals surface area contributed by atoms with Gasteiger partial charge in [-0.1, -0.05) is 76.8 Å². The molecule has 2 aromatic rings. The van der Waals surface area contributed by atoms with Crippen molar-refractivity contribution in [3.8, 4) is 11.1 Å². The zero-order valence-corrected chi connectivity index (χ0v) is 19.5. The number of anilines is 2. The van der Waals surface area contributed by atoms with Crippen LogP contribution in [0.1, 0.15) is 64.4 Å². The van der Waals surface area contributed by atoms with Crippen molar-refractivity contribution in [3.05, 3.63) is 48.0 Å². The lowest BCUT2D eigenvalue weighted by Crippen LogP contribution is -2.50. The van der Waals surface area contributed by atoms with E-state index in [0.717, 1.165) is 42.4 Å². The quantitative estimate of drug-likeness (QED) is 0.450. The minimum atomic E-state index is -0.759. The third-order valence-electron chi connectivity index (χ3n) is 6.01. The Hall–Kier alpha value is -2.37. The molecule has 0 aliphatic carbocycles. The number of nitrogens with zero attached hydrogens (tertiary/aromatic N) is 1. The third kappa shape index (κ3) is 4.94. The summed E-state index contributed by atoms with van der Waals surface area (Å²) in [6.45, 7) is 5.95. The van der Waals surface area contributed by atoms with E-state index in [0.29, 0.717) is 17.8 Å². The van der Waals surface area contributed by atoms with Crippen LogP contribution in [0, 0.1) is 5.92 Å². The summed E-state index contributed by atoms with van der Waals surface area (Å²) in [6, 6.07) is 12.5. The van der Waals surface area contributed by atoms with Crippen LogP contribution in [0.5, 0.6) is 0 Å². The van der Waals surface area contributed by atoms with Gasteiger partial charge in [0.15, 0.2) is 0 Å². The van der Waals surface area contributed by atoms with Crippen molar-refractivity contribution >= 4 is 35.6 Å². The number of unbranched alkanes of at least 4 members (excludes halogenated alkanes) is 3. The molecular formula is C25H34ClN3O2. The van der Waals surface area contributed by atoms with Gasteiger partial charge in [0.2, 0.25) is 5.91 Å². The van der Waals surface area contributed by atoms with Crippen LogP contribution in [-0.4, -0.2) is 17.9 Å². The Morgan fingerprint density at radius 1 is 1.06 bits per heavy atom. The van der Waals surface area contributed by atoms with Gasteiger partial charge in [-0.2, -0.15) is 0 Å². The molecule has 31 heavy (non-hydrogen) atoms. The van der Waals surface area contributed by atoms with Crippen molar-refractivity contribution in [2.45, 2.75) is 64.8 Å². The molecule has 0 bridgehead atoms. The number of amides is 2. The second-order valence-corrected chi connectivity index (χ2v) is 8.51. The lowest BCUT2D eigenvalue weighted by molar-refractivity contribution is -0.128. The zero-order valence-electron chi connectivity index (χ0n) is 18.6. The van der Waals surface area contributed by atoms with Gasteiger partial charge in [-0.3, -0.25) is 9.59 Å². The number of fused-ring (bicyclic) bond motifs is 3. The van der Waals surface area contributed by atoms with Crippen LogP contribution in [0.2, 0.25) is 0 Å². The minimum Gasteiger partial charge on any atom is -0.398 e. The first-order valence-corrected chi connectivity index (χ1v) is 11.0. The molecule has 2 atom stereocenters. The van der Waals surface area contributed by atoms with E-state index in [-0.39, 0.29) is 30.1 Å². The average Bonchev–Trinajstić information content (AvgIpc) is 2.83. The SMILES string of the molecule is CCCCCCC1C(=O)N(C(=O)[C@@H](N)C(C)C)c2cccc(N)c2-c2ccccc21.Cl. The Labute approximate surface area is 191 Å². The molecule has 0 spiro atoms. The number of nitrogens with two attached hydrogens (primary N) is 2. The van der Waals surface area contributed by atoms with E-state index in [1.807, 2.05) is 44.2 Å². The predicted molar refractivity (Wildman–Crippen MR) is 130 cm³/mol. The lowest BCUT2D eigenvalue weighted by Gasteiger charge is -2.28. The molecule has 1 aliphatic rings. The molecule has 0 radical (unpaired) electrons. The fourth-order valence-corrected chi connectivity index (χ4v) is 4.19. The summed E-state index contributed by atoms with van der Waals surface area (Å²) in [5.41, 5.74) is 16.3. The van der Waals surface area contributed by atoms with Gasteiger partial charge in [0, 0.05) is 11.3 Å². The molecule has 1 heterocycles. The van der Waals surface area contributed by atoms with E-state index >= 15 is 0 Å². The first-order valence-electron chi connectivity index (χ1n) is 11.0. The number of rotatable bonds is 7. The summed E-state index contributed by atoms with van der Waals surface area (Å²) in [5, 5.41) is 0. The van der Waals surface area contributed by atoms with Crippen LogP contribution in [0.25, 0.3) is 11.1 Å². The minimum absolute atomic E-state index is 0. The summed E-state index contributed by atoms with van der Waals surface area (Å²) in [5.74, 6) is -1.05. The van der Waals surface area contributed by atoms with Gasteiger partial charge < -0.3 is 11.5 Å². The first-order chi connectivity index (χ1) is 14.4. The molecule has 3 rings (SSSR count). The predicted octanol–water partition coefficient (Wildman–Crippen LogP) is 5.27. The number of nitrogen functional groups attached to an aromatic ring is 1. The molecule has 4 N–H and O–H groups in total. The highest BCUT2D eigenvalue weighted by molar-refractivity contribution is 6.22. The van der Waals surface area contributed by atoms with E-state index < -0.39 is 12.0 Å². The normalized spacial score (nSPS) is 16.2. The monoisotopic (exact) mass is 443 g/mol. The van der Waals surface area contributed by atoms with E-state index in [1.54, 1.807) is 12.1 Å². The number of halogens is 1. The maximum atomic E-state index is 13.8. The van der Waals surface area contributed by atoms with Crippen LogP contribution >= 0.6 is 12.4 Å². The summed E-state index contributed by atoms with van der Waals surface area (Å²) in [4.78, 5) is 28.5. The summed E-state index contributed by atoms with van der Waals surface area (Å²) in [6.07, 6.45) is 4.96. The fourth-order valence-electron chi connectivity index (χ4n) is 4.19. The van der Waals surface area contributed by atoms with Crippen LogP contribution < -0.4 is 16.4 Å². The Morgan fingerprint density at radius 2 is 1.77 bits per heavy atom. The first kappa shape index (κ1) is 24.9. The van der Waals surface area contributed by atoms with Crippen LogP contribution in [0.3, 0.4) is 0 Å². The molecule has 0 aromatic heterocycles. The summed E-state index contributed by atoms with van der Waals surface area (Å²) < 4.78 is 0. The van der Waals surface area contributed by atoms with Crippen molar-refractivity contribution in [3.63, 3.8) is 0 Å². The standard InChI is InChI=1S/C25H33N3O2.ClH/c1-4-5-6-7-13-19-17-11-8-9-12-18(17)22-20(26)14-10-15-21(22)28(24(19)29)25(30)23(27)16(2)3;/h8-12,14-16,19,23H,4-7,13,26-27H2,1-3H3;1H/t19?,23-;/m0./s1. The molecule has 1 unspecified atom stereocenters. The van der Waals surface area contributed by atoms with Gasteiger partial charge >= 0.3 is 0 Å². The molecule has 0 fully saturated rings. The van der Waals surface area contributed by atoms with E-state index in [2.05, 4.69) is 6.92 Å². The maximum absolute atomic E-state index is 13.8. The molecule has 2 aromatic carbocycles. The lowest BCUT2D eigenvalue weighted by atomic mass is 9.87. The van der Waals surface area contributed by atoms with E-state index in [1.165, 1.54) is 4.90 Å². The van der Waals surface area contributed by atoms with Gasteiger partial charge in [0.25, 0.3) is 5.91 Å². The number of carbonyl (C=O) groups excluding carboxylic acids is 2. The molecule has 168 valence electrons. The van der Waals surface area contributed by atoms with Crippen LogP contribution in [-0.2, 0) is 9.59 Å². The number of hydrogen-bond acceptors (Lipinski definition) is 4. The van der Waals surface area contributed by atoms with Gasteiger partial charge in [-0.25, -0.2) is 4.90 Å². The maximum Gasteiger partial charge on any atom is 0.250 e. The number of benzene rings is 2. The Morgan fingerprint density at radius 3 is 2.45 bits per heavy atom. The van der Waals surface area contributed by atoms with Crippen molar-refractivity contribution in [1.82, 2.24) is 0 Å². The summed E-state index contributed by atoms with van der Waals surface area (Å²) in [7, 11) is 0. The number of carbonyl (C=O) groups is 2. The Kier molecular flexibility index (Phi) is 8.66. The van der Waals surface area contributed by atoms with Gasteiger partial charge in [0.05, 0.1) is 17.6 Å². The number of hydrogen-bond donors (Lipinski definition) is 2. The molecule has 0 saturated heterocycles. The van der Waals surface area contributed by atoms with Crippen molar-refractivity contribution in [2.75, 3.05) is 10.6 Å². The second kappa shape index (κ2) is 10.8. The van der Waals surface area contributed by atoms with E-state index in [9.17, 15) is 9.59 Å². The van der Waals surface area contributed by atoms with Crippen LogP contribution in [0.15, 0.2) is 42.5 Å². The van der Waals surface area contributed by atoms with E-state index in [4.69, 9.17) is 11.5 Å². The Balaban J connectivity index is 0.00000341. The number of imide groups is 1. The largest absolute Gasteiger partial charge is 0.398 e. The average molecular weight is 444 g/mol. The van der Waals surface area contributed by atoms with Gasteiger partial charge in [0.1, 0.15) is 0 Å². The second-order valence-electron chi connectivity index (χ2n) is 8.51. The van der Waals surface area contributed by atoms with Crippen LogP contribution in [0.4, 0.5) is 11.4 Å². The topological polar surface area (TPSA) is 89.4 Å². The molecule has 0 saturated carbocycles. The van der Waals surface area contributed by atoms with Crippen molar-refractivity contribution in [2.24, 2.45) is 11.7 Å². The molecule has 1 aliphatic heterocycles. The molecular weight excluding hydrogens is 410 g/mol. The Bertz CT molecular complexity index is 929. The molecule has 6 heteroatoms. The van der Waals surface area contributed by atoms with Crippen molar-refractivity contribution < 1.29 is 9.59 Å². The van der Waals surface area contributed by atoms with Gasteiger partial charge in [-0.05, 0) is 35.6 Å². The highest BCUT2D eigenvalue weighted by Crippen LogP contribution is 2.45. The zero-order chi connectivity index (χ0) is 21.8. The third-order valence-corrected chi connectivity index (χ3v) is 6.01. The molecule has 5 nitrogen and oxygen atoms in total. The molecule has 2 amide bonds. The van der Waals surface area contributed by atoms with Gasteiger partial charge in [-0.15, -0.1) is 12.4 Å². The smallest absolute Gasteiger partial charge is 0.250 e. The fraction of sp³-hybridized carbons (Fsp3) is 0.440. The highest BCUT2D eigenvalue weighted by atomic mass is 35.5. The van der Waals surface area contributed by atoms with Crippen molar-refractivity contribution in [1.29, 1.82) is 0 Å².